The Kier molecular flexibility index (Phi) is 2.85. The summed E-state index contributed by atoms with van der Waals surface area (Å²) in [7, 11) is 0. The van der Waals surface area contributed by atoms with Crippen molar-refractivity contribution in [2.24, 2.45) is 0 Å². The first-order chi connectivity index (χ1) is 10.2. The number of fused-ring (bicyclic) bond motifs is 1. The summed E-state index contributed by atoms with van der Waals surface area (Å²) in [6.45, 7) is 1.86. The van der Waals surface area contributed by atoms with Gasteiger partial charge in [-0.2, -0.15) is 5.10 Å². The van der Waals surface area contributed by atoms with Gasteiger partial charge in [-0.3, -0.25) is 9.89 Å². The molecule has 1 aromatic heterocycles. The molecule has 1 spiro atoms. The fourth-order valence-corrected chi connectivity index (χ4v) is 3.80. The molecule has 0 saturated carbocycles. The van der Waals surface area contributed by atoms with Crippen LogP contribution in [0.4, 0.5) is 5.69 Å². The van der Waals surface area contributed by atoms with Gasteiger partial charge < -0.3 is 10.2 Å². The van der Waals surface area contributed by atoms with Crippen molar-refractivity contribution in [3.05, 3.63) is 23.4 Å². The molecule has 110 valence electrons. The molecule has 2 fully saturated rings. The number of aromatic amines is 1. The fraction of sp³-hybridized carbons (Fsp3) is 0.467. The smallest absolute Gasteiger partial charge is 0.220 e. The first-order valence-corrected chi connectivity index (χ1v) is 7.72. The molecule has 0 radical (unpaired) electrons. The van der Waals surface area contributed by atoms with E-state index < -0.39 is 0 Å². The number of amides is 1. The summed E-state index contributed by atoms with van der Waals surface area (Å²) in [6, 6.07) is 3.90. The number of benzene rings is 1. The number of H-pyrrole nitrogens is 1. The van der Waals surface area contributed by atoms with Gasteiger partial charge in [0.15, 0.2) is 0 Å². The highest BCUT2D eigenvalue weighted by Gasteiger charge is 2.40. The molecule has 4 rings (SSSR count). The molecule has 2 saturated heterocycles. The van der Waals surface area contributed by atoms with Gasteiger partial charge >= 0.3 is 0 Å². The number of piperidine rings is 1. The lowest BCUT2D eigenvalue weighted by molar-refractivity contribution is -0.119. The Balaban J connectivity index is 1.60. The van der Waals surface area contributed by atoms with Crippen LogP contribution in [0.25, 0.3) is 10.9 Å². The number of aromatic nitrogens is 2. The molecular weight excluding hydrogens is 288 g/mol. The molecule has 3 heterocycles. The zero-order valence-corrected chi connectivity index (χ0v) is 12.4. The number of anilines is 1. The zero-order chi connectivity index (χ0) is 14.4. The molecule has 2 aliphatic rings. The van der Waals surface area contributed by atoms with Crippen LogP contribution in [0.3, 0.4) is 0 Å². The Morgan fingerprint density at radius 1 is 1.24 bits per heavy atom. The largest absolute Gasteiger partial charge is 0.371 e. The molecule has 21 heavy (non-hydrogen) atoms. The van der Waals surface area contributed by atoms with Crippen LogP contribution in [0.1, 0.15) is 25.7 Å². The average Bonchev–Trinajstić information content (AvgIpc) is 3.06. The Morgan fingerprint density at radius 2 is 2.05 bits per heavy atom. The minimum Gasteiger partial charge on any atom is -0.371 e. The number of hydrogen-bond acceptors (Lipinski definition) is 3. The number of halogens is 1. The van der Waals surface area contributed by atoms with Crippen molar-refractivity contribution in [2.45, 2.75) is 31.2 Å². The van der Waals surface area contributed by atoms with Crippen LogP contribution >= 0.6 is 11.6 Å². The summed E-state index contributed by atoms with van der Waals surface area (Å²) in [6.07, 6.45) is 5.47. The van der Waals surface area contributed by atoms with Crippen LogP contribution in [0.2, 0.25) is 5.02 Å². The summed E-state index contributed by atoms with van der Waals surface area (Å²) in [5.41, 5.74) is 2.12. The van der Waals surface area contributed by atoms with Crippen LogP contribution in [-0.2, 0) is 4.79 Å². The minimum absolute atomic E-state index is 0.0294. The second-order valence-corrected chi connectivity index (χ2v) is 6.51. The molecule has 1 amide bonds. The maximum Gasteiger partial charge on any atom is 0.220 e. The van der Waals surface area contributed by atoms with Crippen LogP contribution in [-0.4, -0.2) is 34.7 Å². The van der Waals surface area contributed by atoms with Gasteiger partial charge in [-0.1, -0.05) is 11.6 Å². The van der Waals surface area contributed by atoms with Crippen LogP contribution < -0.4 is 10.2 Å². The van der Waals surface area contributed by atoms with Crippen molar-refractivity contribution < 1.29 is 4.79 Å². The quantitative estimate of drug-likeness (QED) is 0.851. The molecular formula is C15H17ClN4O. The summed E-state index contributed by atoms with van der Waals surface area (Å²) >= 11 is 6.21. The van der Waals surface area contributed by atoms with Gasteiger partial charge in [0.1, 0.15) is 0 Å². The maximum atomic E-state index is 11.5. The standard InChI is InChI=1S/C15H17ClN4O/c16-10-7-12-11(9-17-19-12)13(8-10)20-5-3-15(4-6-20)2-1-14(21)18-15/h7-9H,1-6H2,(H,17,19)(H,18,21). The van der Waals surface area contributed by atoms with E-state index >= 15 is 0 Å². The summed E-state index contributed by atoms with van der Waals surface area (Å²) in [4.78, 5) is 13.8. The highest BCUT2D eigenvalue weighted by molar-refractivity contribution is 6.31. The fourth-order valence-electron chi connectivity index (χ4n) is 3.58. The zero-order valence-electron chi connectivity index (χ0n) is 11.7. The SMILES string of the molecule is O=C1CCC2(CCN(c3cc(Cl)cc4[nH]ncc34)CC2)N1. The topological polar surface area (TPSA) is 61.0 Å². The van der Waals surface area contributed by atoms with Gasteiger partial charge in [0, 0.05) is 41.1 Å². The van der Waals surface area contributed by atoms with Gasteiger partial charge in [0.05, 0.1) is 11.7 Å². The molecule has 0 aliphatic carbocycles. The Labute approximate surface area is 127 Å². The monoisotopic (exact) mass is 304 g/mol. The predicted octanol–water partition coefficient (Wildman–Crippen LogP) is 2.47. The average molecular weight is 305 g/mol. The molecule has 1 aromatic carbocycles. The first kappa shape index (κ1) is 13.0. The van der Waals surface area contributed by atoms with Gasteiger partial charge in [-0.15, -0.1) is 0 Å². The van der Waals surface area contributed by atoms with Gasteiger partial charge in [-0.05, 0) is 31.4 Å². The maximum absolute atomic E-state index is 11.5. The van der Waals surface area contributed by atoms with Crippen molar-refractivity contribution in [1.29, 1.82) is 0 Å². The summed E-state index contributed by atoms with van der Waals surface area (Å²) < 4.78 is 0. The van der Waals surface area contributed by atoms with Crippen LogP contribution in [0.5, 0.6) is 0 Å². The second-order valence-electron chi connectivity index (χ2n) is 6.07. The van der Waals surface area contributed by atoms with Crippen LogP contribution in [0, 0.1) is 0 Å². The molecule has 0 atom stereocenters. The van der Waals surface area contributed by atoms with Crippen LogP contribution in [0.15, 0.2) is 18.3 Å². The molecule has 6 heteroatoms. The molecule has 0 unspecified atom stereocenters. The normalized spacial score (nSPS) is 21.2. The van der Waals surface area contributed by atoms with E-state index in [0.717, 1.165) is 54.0 Å². The van der Waals surface area contributed by atoms with E-state index in [0.29, 0.717) is 6.42 Å². The molecule has 2 aromatic rings. The lowest BCUT2D eigenvalue weighted by Gasteiger charge is -2.40. The number of carbonyl (C=O) groups is 1. The second kappa shape index (κ2) is 4.63. The summed E-state index contributed by atoms with van der Waals surface area (Å²) in [5.74, 6) is 0.198. The Hall–Kier alpha value is -1.75. The lowest BCUT2D eigenvalue weighted by Crippen LogP contribution is -2.51. The van der Waals surface area contributed by atoms with Gasteiger partial charge in [-0.25, -0.2) is 0 Å². The predicted molar refractivity (Wildman–Crippen MR) is 82.7 cm³/mol. The van der Waals surface area contributed by atoms with Crippen molar-refractivity contribution >= 4 is 34.1 Å². The van der Waals surface area contributed by atoms with E-state index in [2.05, 4.69) is 20.4 Å². The summed E-state index contributed by atoms with van der Waals surface area (Å²) in [5, 5.41) is 12.1. The molecule has 5 nitrogen and oxygen atoms in total. The minimum atomic E-state index is 0.0294. The molecule has 2 N–H and O–H groups in total. The number of carbonyl (C=O) groups excluding carboxylic acids is 1. The van der Waals surface area contributed by atoms with Crippen molar-refractivity contribution in [2.75, 3.05) is 18.0 Å². The molecule has 0 bridgehead atoms. The van der Waals surface area contributed by atoms with Gasteiger partial charge in [0.2, 0.25) is 5.91 Å². The lowest BCUT2D eigenvalue weighted by atomic mass is 9.86. The first-order valence-electron chi connectivity index (χ1n) is 7.34. The Bertz CT molecular complexity index is 703. The van der Waals surface area contributed by atoms with E-state index in [9.17, 15) is 4.79 Å². The van der Waals surface area contributed by atoms with E-state index in [-0.39, 0.29) is 11.4 Å². The van der Waals surface area contributed by atoms with Crippen molar-refractivity contribution in [3.8, 4) is 0 Å². The number of rotatable bonds is 1. The third kappa shape index (κ3) is 2.16. The molecule has 2 aliphatic heterocycles. The van der Waals surface area contributed by atoms with E-state index in [1.165, 1.54) is 0 Å². The highest BCUT2D eigenvalue weighted by atomic mass is 35.5. The number of hydrogen-bond donors (Lipinski definition) is 2. The Morgan fingerprint density at radius 3 is 2.76 bits per heavy atom. The van der Waals surface area contributed by atoms with E-state index in [1.54, 1.807) is 0 Å². The number of nitrogens with zero attached hydrogens (tertiary/aromatic N) is 2. The van der Waals surface area contributed by atoms with Crippen molar-refractivity contribution in [3.63, 3.8) is 0 Å². The highest BCUT2D eigenvalue weighted by Crippen LogP contribution is 2.36. The number of nitrogens with one attached hydrogen (secondary N) is 2. The third-order valence-electron chi connectivity index (χ3n) is 4.80. The van der Waals surface area contributed by atoms with E-state index in [1.807, 2.05) is 18.3 Å². The van der Waals surface area contributed by atoms with Gasteiger partial charge in [0.25, 0.3) is 0 Å². The van der Waals surface area contributed by atoms with Crippen molar-refractivity contribution in [1.82, 2.24) is 15.5 Å². The van der Waals surface area contributed by atoms with E-state index in [4.69, 9.17) is 11.6 Å². The third-order valence-corrected chi connectivity index (χ3v) is 5.02.